The number of nitrogens with zero attached hydrogens (tertiary/aromatic N) is 1. The molecular formula is C24H29NO2. The van der Waals surface area contributed by atoms with Crippen LogP contribution in [0.3, 0.4) is 0 Å². The Balaban J connectivity index is 2.08. The Morgan fingerprint density at radius 2 is 1.59 bits per heavy atom. The first-order valence-corrected chi connectivity index (χ1v) is 9.90. The fourth-order valence-corrected chi connectivity index (χ4v) is 3.70. The fourth-order valence-electron chi connectivity index (χ4n) is 3.70. The second-order valence-corrected chi connectivity index (χ2v) is 7.23. The molecule has 1 unspecified atom stereocenters. The highest BCUT2D eigenvalue weighted by Gasteiger charge is 2.18. The van der Waals surface area contributed by atoms with Crippen molar-refractivity contribution in [3.63, 3.8) is 0 Å². The maximum absolute atomic E-state index is 10.0. The van der Waals surface area contributed by atoms with Gasteiger partial charge < -0.3 is 15.1 Å². The predicted octanol–water partition coefficient (Wildman–Crippen LogP) is 6.61. The van der Waals surface area contributed by atoms with E-state index in [9.17, 15) is 10.2 Å². The third kappa shape index (κ3) is 4.54. The number of anilines is 2. The minimum Gasteiger partial charge on any atom is -0.508 e. The third-order valence-corrected chi connectivity index (χ3v) is 5.24. The number of aromatic hydroxyl groups is 2. The molecule has 0 amide bonds. The van der Waals surface area contributed by atoms with Gasteiger partial charge in [0, 0.05) is 41.5 Å². The van der Waals surface area contributed by atoms with Crippen molar-refractivity contribution in [2.75, 3.05) is 11.4 Å². The molecule has 0 saturated carbocycles. The smallest absolute Gasteiger partial charge is 0.121 e. The first kappa shape index (κ1) is 19.1. The van der Waals surface area contributed by atoms with Gasteiger partial charge in [0.05, 0.1) is 0 Å². The summed E-state index contributed by atoms with van der Waals surface area (Å²) < 4.78 is 0. The standard InChI is InChI=1S/C24H29NO2/c1-3-5-9-18(4-2)17-25(20-14-21(26)16-22(27)15-20)24-13-8-11-19-10-6-7-12-23(19)24/h6-8,10-16,18,26-27H,3-5,9,17H2,1-2H3. The van der Waals surface area contributed by atoms with Gasteiger partial charge in [-0.2, -0.15) is 0 Å². The second-order valence-electron chi connectivity index (χ2n) is 7.23. The summed E-state index contributed by atoms with van der Waals surface area (Å²) in [4.78, 5) is 2.24. The molecule has 0 aromatic heterocycles. The number of phenolic OH excluding ortho intramolecular Hbond substituents is 2. The average Bonchev–Trinajstić information content (AvgIpc) is 2.67. The molecule has 142 valence electrons. The minimum absolute atomic E-state index is 0.0804. The van der Waals surface area contributed by atoms with Crippen LogP contribution in [0.4, 0.5) is 11.4 Å². The van der Waals surface area contributed by atoms with Crippen LogP contribution in [0.25, 0.3) is 10.8 Å². The number of rotatable bonds is 8. The summed E-state index contributed by atoms with van der Waals surface area (Å²) in [5.41, 5.74) is 1.92. The Hall–Kier alpha value is -2.68. The van der Waals surface area contributed by atoms with E-state index in [0.717, 1.165) is 24.3 Å². The number of benzene rings is 3. The van der Waals surface area contributed by atoms with Crippen LogP contribution in [0.5, 0.6) is 11.5 Å². The van der Waals surface area contributed by atoms with Crippen molar-refractivity contribution < 1.29 is 10.2 Å². The molecule has 3 aromatic carbocycles. The van der Waals surface area contributed by atoms with E-state index >= 15 is 0 Å². The van der Waals surface area contributed by atoms with Gasteiger partial charge in [0.1, 0.15) is 11.5 Å². The number of hydrogen-bond acceptors (Lipinski definition) is 3. The average molecular weight is 364 g/mol. The van der Waals surface area contributed by atoms with Crippen molar-refractivity contribution in [1.29, 1.82) is 0 Å². The molecule has 0 heterocycles. The summed E-state index contributed by atoms with van der Waals surface area (Å²) in [5.74, 6) is 0.710. The molecule has 27 heavy (non-hydrogen) atoms. The van der Waals surface area contributed by atoms with E-state index in [1.54, 1.807) is 12.1 Å². The summed E-state index contributed by atoms with van der Waals surface area (Å²) in [6.07, 6.45) is 4.69. The molecule has 3 heteroatoms. The molecule has 3 aromatic rings. The molecule has 0 fully saturated rings. The second kappa shape index (κ2) is 8.81. The molecule has 0 aliphatic carbocycles. The zero-order valence-electron chi connectivity index (χ0n) is 16.2. The molecule has 0 spiro atoms. The molecule has 3 nitrogen and oxygen atoms in total. The molecule has 2 N–H and O–H groups in total. The monoisotopic (exact) mass is 363 g/mol. The highest BCUT2D eigenvalue weighted by molar-refractivity contribution is 5.96. The normalized spacial score (nSPS) is 12.2. The van der Waals surface area contributed by atoms with Gasteiger partial charge in [0.15, 0.2) is 0 Å². The lowest BCUT2D eigenvalue weighted by Crippen LogP contribution is -2.25. The molecule has 1 atom stereocenters. The highest BCUT2D eigenvalue weighted by Crippen LogP contribution is 2.37. The minimum atomic E-state index is 0.0804. The Kier molecular flexibility index (Phi) is 6.23. The van der Waals surface area contributed by atoms with E-state index in [4.69, 9.17) is 0 Å². The Labute approximate surface area is 161 Å². The van der Waals surface area contributed by atoms with Gasteiger partial charge in [-0.15, -0.1) is 0 Å². The van der Waals surface area contributed by atoms with Crippen LogP contribution in [0, 0.1) is 5.92 Å². The lowest BCUT2D eigenvalue weighted by molar-refractivity contribution is 0.447. The number of unbranched alkanes of at least 4 members (excludes halogenated alkanes) is 1. The van der Waals surface area contributed by atoms with E-state index < -0.39 is 0 Å². The summed E-state index contributed by atoms with van der Waals surface area (Å²) in [6, 6.07) is 19.5. The van der Waals surface area contributed by atoms with Crippen LogP contribution >= 0.6 is 0 Å². The van der Waals surface area contributed by atoms with Crippen LogP contribution in [-0.2, 0) is 0 Å². The Morgan fingerprint density at radius 3 is 2.30 bits per heavy atom. The maximum Gasteiger partial charge on any atom is 0.121 e. The van der Waals surface area contributed by atoms with Crippen molar-refractivity contribution in [2.45, 2.75) is 39.5 Å². The van der Waals surface area contributed by atoms with Crippen molar-refractivity contribution in [2.24, 2.45) is 5.92 Å². The fraction of sp³-hybridized carbons (Fsp3) is 0.333. The van der Waals surface area contributed by atoms with Crippen LogP contribution in [0.1, 0.15) is 39.5 Å². The molecule has 0 radical (unpaired) electrons. The van der Waals surface area contributed by atoms with Crippen molar-refractivity contribution >= 4 is 22.1 Å². The first-order chi connectivity index (χ1) is 13.1. The number of hydrogen-bond donors (Lipinski definition) is 2. The first-order valence-electron chi connectivity index (χ1n) is 9.90. The van der Waals surface area contributed by atoms with Crippen molar-refractivity contribution in [3.8, 4) is 11.5 Å². The number of fused-ring (bicyclic) bond motifs is 1. The van der Waals surface area contributed by atoms with Gasteiger partial charge in [-0.05, 0) is 23.8 Å². The number of phenols is 2. The van der Waals surface area contributed by atoms with E-state index in [0.29, 0.717) is 5.92 Å². The van der Waals surface area contributed by atoms with E-state index in [1.165, 1.54) is 36.1 Å². The van der Waals surface area contributed by atoms with Gasteiger partial charge in [0.2, 0.25) is 0 Å². The third-order valence-electron chi connectivity index (χ3n) is 5.24. The highest BCUT2D eigenvalue weighted by atomic mass is 16.3. The van der Waals surface area contributed by atoms with Crippen molar-refractivity contribution in [3.05, 3.63) is 60.7 Å². The molecule has 0 aliphatic rings. The maximum atomic E-state index is 10.0. The summed E-state index contributed by atoms with van der Waals surface area (Å²) in [6.45, 7) is 5.32. The van der Waals surface area contributed by atoms with E-state index in [1.807, 2.05) is 6.07 Å². The lowest BCUT2D eigenvalue weighted by Gasteiger charge is -2.30. The van der Waals surface area contributed by atoms with E-state index in [-0.39, 0.29) is 11.5 Å². The molecule has 3 rings (SSSR count). The zero-order valence-corrected chi connectivity index (χ0v) is 16.2. The van der Waals surface area contributed by atoms with Crippen LogP contribution in [0.15, 0.2) is 60.7 Å². The lowest BCUT2D eigenvalue weighted by atomic mass is 9.97. The predicted molar refractivity (Wildman–Crippen MR) is 114 cm³/mol. The van der Waals surface area contributed by atoms with Crippen molar-refractivity contribution in [1.82, 2.24) is 0 Å². The largest absolute Gasteiger partial charge is 0.508 e. The van der Waals surface area contributed by atoms with Gasteiger partial charge in [-0.1, -0.05) is 69.5 Å². The quantitative estimate of drug-likeness (QED) is 0.473. The summed E-state index contributed by atoms with van der Waals surface area (Å²) in [5, 5.41) is 22.5. The van der Waals surface area contributed by atoms with Crippen LogP contribution in [0.2, 0.25) is 0 Å². The van der Waals surface area contributed by atoms with Gasteiger partial charge in [-0.25, -0.2) is 0 Å². The van der Waals surface area contributed by atoms with Gasteiger partial charge in [0.25, 0.3) is 0 Å². The Bertz CT molecular complexity index is 865. The van der Waals surface area contributed by atoms with Gasteiger partial charge in [-0.3, -0.25) is 0 Å². The van der Waals surface area contributed by atoms with Gasteiger partial charge >= 0.3 is 0 Å². The van der Waals surface area contributed by atoms with Crippen LogP contribution in [-0.4, -0.2) is 16.8 Å². The Morgan fingerprint density at radius 1 is 0.889 bits per heavy atom. The summed E-state index contributed by atoms with van der Waals surface area (Å²) in [7, 11) is 0. The zero-order chi connectivity index (χ0) is 19.2. The topological polar surface area (TPSA) is 43.7 Å². The summed E-state index contributed by atoms with van der Waals surface area (Å²) >= 11 is 0. The van der Waals surface area contributed by atoms with Crippen LogP contribution < -0.4 is 4.90 Å². The molecule has 0 bridgehead atoms. The SMILES string of the molecule is CCCCC(CC)CN(c1cc(O)cc(O)c1)c1cccc2ccccc12. The molecule has 0 saturated heterocycles. The van der Waals surface area contributed by atoms with E-state index in [2.05, 4.69) is 55.1 Å². The molecular weight excluding hydrogens is 334 g/mol. The molecule has 0 aliphatic heterocycles.